The Balaban J connectivity index is 1.76. The van der Waals surface area contributed by atoms with Crippen molar-refractivity contribution in [2.45, 2.75) is 38.8 Å². The molecule has 1 aliphatic heterocycles. The molecule has 0 aliphatic carbocycles. The van der Waals surface area contributed by atoms with E-state index in [2.05, 4.69) is 20.4 Å². The Labute approximate surface area is 111 Å². The number of piperidine rings is 1. The zero-order valence-corrected chi connectivity index (χ0v) is 11.3. The topological polar surface area (TPSA) is 42.2 Å². The second-order valence-electron chi connectivity index (χ2n) is 4.78. The molecule has 0 aromatic carbocycles. The summed E-state index contributed by atoms with van der Waals surface area (Å²) in [7, 11) is 0. The number of hydrogen-bond acceptors (Lipinski definition) is 5. The van der Waals surface area contributed by atoms with Gasteiger partial charge in [0.25, 0.3) is 0 Å². The molecule has 2 aromatic heterocycles. The molecule has 0 bridgehead atoms. The number of thiazole rings is 1. The van der Waals surface area contributed by atoms with Crippen LogP contribution in [0.15, 0.2) is 22.2 Å². The normalized spacial score (nSPS) is 21.3. The molecular formula is C13H17N3OS. The van der Waals surface area contributed by atoms with Crippen molar-refractivity contribution in [2.24, 2.45) is 0 Å². The number of aryl methyl sites for hydroxylation is 1. The van der Waals surface area contributed by atoms with Gasteiger partial charge in [0.2, 0.25) is 0 Å². The molecular weight excluding hydrogens is 246 g/mol. The Kier molecular flexibility index (Phi) is 3.43. The van der Waals surface area contributed by atoms with Gasteiger partial charge >= 0.3 is 0 Å². The van der Waals surface area contributed by atoms with E-state index < -0.39 is 0 Å². The van der Waals surface area contributed by atoms with Crippen molar-refractivity contribution in [1.82, 2.24) is 15.0 Å². The highest BCUT2D eigenvalue weighted by Gasteiger charge is 2.26. The molecule has 3 rings (SSSR count). The lowest BCUT2D eigenvalue weighted by atomic mass is 10.0. The van der Waals surface area contributed by atoms with E-state index in [1.54, 1.807) is 11.3 Å². The van der Waals surface area contributed by atoms with Gasteiger partial charge in [-0.3, -0.25) is 4.90 Å². The SMILES string of the molecule is Cc1cc(CN2CCCCC2c2nccs2)no1. The van der Waals surface area contributed by atoms with Gasteiger partial charge in [-0.1, -0.05) is 11.6 Å². The molecule has 0 spiro atoms. The Morgan fingerprint density at radius 3 is 3.17 bits per heavy atom. The highest BCUT2D eigenvalue weighted by molar-refractivity contribution is 7.09. The number of hydrogen-bond donors (Lipinski definition) is 0. The van der Waals surface area contributed by atoms with Gasteiger partial charge in [-0.15, -0.1) is 11.3 Å². The van der Waals surface area contributed by atoms with Crippen LogP contribution in [0.2, 0.25) is 0 Å². The van der Waals surface area contributed by atoms with Gasteiger partial charge in [0.1, 0.15) is 10.8 Å². The first kappa shape index (κ1) is 11.9. The van der Waals surface area contributed by atoms with Crippen molar-refractivity contribution < 1.29 is 4.52 Å². The van der Waals surface area contributed by atoms with Crippen molar-refractivity contribution in [1.29, 1.82) is 0 Å². The maximum atomic E-state index is 5.14. The number of nitrogens with zero attached hydrogens (tertiary/aromatic N) is 3. The van der Waals surface area contributed by atoms with Crippen LogP contribution in [0.4, 0.5) is 0 Å². The lowest BCUT2D eigenvalue weighted by molar-refractivity contribution is 0.136. The van der Waals surface area contributed by atoms with Crippen LogP contribution in [0.5, 0.6) is 0 Å². The molecule has 1 unspecified atom stereocenters. The fourth-order valence-corrected chi connectivity index (χ4v) is 3.37. The molecule has 3 heterocycles. The lowest BCUT2D eigenvalue weighted by Gasteiger charge is -2.33. The molecule has 1 fully saturated rings. The monoisotopic (exact) mass is 263 g/mol. The summed E-state index contributed by atoms with van der Waals surface area (Å²) >= 11 is 1.75. The van der Waals surface area contributed by atoms with Gasteiger partial charge in [0, 0.05) is 24.2 Å². The molecule has 0 radical (unpaired) electrons. The molecule has 0 N–H and O–H groups in total. The number of aromatic nitrogens is 2. The minimum atomic E-state index is 0.454. The smallest absolute Gasteiger partial charge is 0.133 e. The first-order valence-corrected chi connectivity index (χ1v) is 7.26. The van der Waals surface area contributed by atoms with Gasteiger partial charge < -0.3 is 4.52 Å². The number of likely N-dealkylation sites (tertiary alicyclic amines) is 1. The maximum Gasteiger partial charge on any atom is 0.133 e. The van der Waals surface area contributed by atoms with Crippen molar-refractivity contribution in [2.75, 3.05) is 6.54 Å². The van der Waals surface area contributed by atoms with Crippen LogP contribution in [-0.4, -0.2) is 21.6 Å². The summed E-state index contributed by atoms with van der Waals surface area (Å²) in [6.45, 7) is 3.92. The highest BCUT2D eigenvalue weighted by atomic mass is 32.1. The summed E-state index contributed by atoms with van der Waals surface area (Å²) in [5.41, 5.74) is 1.02. The summed E-state index contributed by atoms with van der Waals surface area (Å²) in [5, 5.41) is 7.38. The van der Waals surface area contributed by atoms with Gasteiger partial charge in [0.15, 0.2) is 0 Å². The molecule has 18 heavy (non-hydrogen) atoms. The van der Waals surface area contributed by atoms with E-state index in [9.17, 15) is 0 Å². The second-order valence-corrected chi connectivity index (χ2v) is 5.71. The minimum absolute atomic E-state index is 0.454. The van der Waals surface area contributed by atoms with E-state index >= 15 is 0 Å². The van der Waals surface area contributed by atoms with Crippen LogP contribution in [0, 0.1) is 6.92 Å². The summed E-state index contributed by atoms with van der Waals surface area (Å²) in [6, 6.07) is 2.48. The van der Waals surface area contributed by atoms with Gasteiger partial charge in [-0.25, -0.2) is 4.98 Å². The molecule has 0 saturated carbocycles. The Morgan fingerprint density at radius 2 is 2.44 bits per heavy atom. The van der Waals surface area contributed by atoms with Crippen molar-refractivity contribution >= 4 is 11.3 Å². The second kappa shape index (κ2) is 5.20. The third-order valence-electron chi connectivity index (χ3n) is 3.39. The third kappa shape index (κ3) is 2.47. The minimum Gasteiger partial charge on any atom is -0.361 e. The summed E-state index contributed by atoms with van der Waals surface area (Å²) in [5.74, 6) is 0.882. The van der Waals surface area contributed by atoms with Crippen molar-refractivity contribution in [3.8, 4) is 0 Å². The van der Waals surface area contributed by atoms with Gasteiger partial charge in [-0.05, 0) is 26.3 Å². The third-order valence-corrected chi connectivity index (χ3v) is 4.27. The lowest BCUT2D eigenvalue weighted by Crippen LogP contribution is -2.32. The van der Waals surface area contributed by atoms with Crippen LogP contribution in [0.25, 0.3) is 0 Å². The van der Waals surface area contributed by atoms with Crippen molar-refractivity contribution in [3.63, 3.8) is 0 Å². The summed E-state index contributed by atoms with van der Waals surface area (Å²) < 4.78 is 5.14. The van der Waals surface area contributed by atoms with Crippen LogP contribution in [0.1, 0.15) is 41.8 Å². The zero-order valence-electron chi connectivity index (χ0n) is 10.5. The molecule has 1 atom stereocenters. The molecule has 5 heteroatoms. The molecule has 4 nitrogen and oxygen atoms in total. The van der Waals surface area contributed by atoms with Crippen LogP contribution in [-0.2, 0) is 6.54 Å². The van der Waals surface area contributed by atoms with Gasteiger partial charge in [0.05, 0.1) is 11.7 Å². The standard InChI is InChI=1S/C13H17N3OS/c1-10-8-11(15-17-10)9-16-6-3-2-4-12(16)13-14-5-7-18-13/h5,7-8,12H,2-4,6,9H2,1H3. The molecule has 2 aromatic rings. The van der Waals surface area contributed by atoms with Crippen LogP contribution >= 0.6 is 11.3 Å². The molecule has 1 saturated heterocycles. The van der Waals surface area contributed by atoms with E-state index in [1.807, 2.05) is 19.2 Å². The van der Waals surface area contributed by atoms with E-state index in [1.165, 1.54) is 24.3 Å². The molecule has 96 valence electrons. The van der Waals surface area contributed by atoms with Crippen molar-refractivity contribution in [3.05, 3.63) is 34.1 Å². The molecule has 1 aliphatic rings. The van der Waals surface area contributed by atoms with Crippen LogP contribution < -0.4 is 0 Å². The molecule has 0 amide bonds. The average molecular weight is 263 g/mol. The fraction of sp³-hybridized carbons (Fsp3) is 0.538. The number of rotatable bonds is 3. The summed E-state index contributed by atoms with van der Waals surface area (Å²) in [6.07, 6.45) is 5.65. The van der Waals surface area contributed by atoms with E-state index in [-0.39, 0.29) is 0 Å². The Bertz CT molecular complexity index is 494. The Hall–Kier alpha value is -1.20. The first-order valence-electron chi connectivity index (χ1n) is 6.38. The predicted molar refractivity (Wildman–Crippen MR) is 70.4 cm³/mol. The first-order chi connectivity index (χ1) is 8.83. The highest BCUT2D eigenvalue weighted by Crippen LogP contribution is 2.32. The van der Waals surface area contributed by atoms with E-state index in [0.717, 1.165) is 24.5 Å². The van der Waals surface area contributed by atoms with Gasteiger partial charge in [-0.2, -0.15) is 0 Å². The van der Waals surface area contributed by atoms with E-state index in [4.69, 9.17) is 4.52 Å². The van der Waals surface area contributed by atoms with Crippen LogP contribution in [0.3, 0.4) is 0 Å². The quantitative estimate of drug-likeness (QED) is 0.853. The predicted octanol–water partition coefficient (Wildman–Crippen LogP) is 3.17. The summed E-state index contributed by atoms with van der Waals surface area (Å²) in [4.78, 5) is 6.94. The Morgan fingerprint density at radius 1 is 1.50 bits per heavy atom. The largest absolute Gasteiger partial charge is 0.361 e. The zero-order chi connectivity index (χ0) is 12.4. The fourth-order valence-electron chi connectivity index (χ4n) is 2.56. The maximum absolute atomic E-state index is 5.14. The van der Waals surface area contributed by atoms with E-state index in [0.29, 0.717) is 6.04 Å². The average Bonchev–Trinajstić information content (AvgIpc) is 3.02.